The lowest BCUT2D eigenvalue weighted by Crippen LogP contribution is -2.28. The Bertz CT molecular complexity index is 995. The number of nitrogens with two attached hydrogens (primary N) is 1. The SMILES string of the molecule is COCCc1[nH]nc(C(=O)NCCC(N)=O)c1-c1ccccc1F.Clc1ccccc1. The number of carbonyl (C=O) groups excluding carboxylic acids is 2. The molecule has 0 aliphatic carbocycles. The Morgan fingerprint density at radius 3 is 2.42 bits per heavy atom. The molecule has 0 radical (unpaired) electrons. The number of benzene rings is 2. The minimum Gasteiger partial charge on any atom is -0.384 e. The van der Waals surface area contributed by atoms with E-state index in [9.17, 15) is 14.0 Å². The van der Waals surface area contributed by atoms with Crippen molar-refractivity contribution in [1.82, 2.24) is 15.5 Å². The first kappa shape index (κ1) is 24.0. The molecule has 0 unspecified atom stereocenters. The molecule has 2 aromatic carbocycles. The minimum absolute atomic E-state index is 0.0156. The van der Waals surface area contributed by atoms with Crippen molar-refractivity contribution in [2.24, 2.45) is 5.73 Å². The lowest BCUT2D eigenvalue weighted by Gasteiger charge is -2.08. The normalized spacial score (nSPS) is 10.2. The molecule has 1 heterocycles. The van der Waals surface area contributed by atoms with E-state index in [0.717, 1.165) is 5.02 Å². The second kappa shape index (κ2) is 12.5. The van der Waals surface area contributed by atoms with Crippen molar-refractivity contribution in [1.29, 1.82) is 0 Å². The highest BCUT2D eigenvalue weighted by molar-refractivity contribution is 6.30. The predicted octanol–water partition coefficient (Wildman–Crippen LogP) is 3.35. The highest BCUT2D eigenvalue weighted by Gasteiger charge is 2.22. The summed E-state index contributed by atoms with van der Waals surface area (Å²) in [4.78, 5) is 23.1. The maximum atomic E-state index is 14.2. The van der Waals surface area contributed by atoms with Gasteiger partial charge in [-0.3, -0.25) is 14.7 Å². The van der Waals surface area contributed by atoms with Crippen LogP contribution in [0.25, 0.3) is 11.1 Å². The third-order valence-corrected chi connectivity index (χ3v) is 4.40. The van der Waals surface area contributed by atoms with Crippen LogP contribution in [0, 0.1) is 5.82 Å². The van der Waals surface area contributed by atoms with Gasteiger partial charge in [0, 0.05) is 48.3 Å². The highest BCUT2D eigenvalue weighted by atomic mass is 35.5. The summed E-state index contributed by atoms with van der Waals surface area (Å²) in [5.74, 6) is -1.48. The fourth-order valence-corrected chi connectivity index (χ4v) is 2.82. The monoisotopic (exact) mass is 446 g/mol. The molecule has 7 nitrogen and oxygen atoms in total. The number of H-pyrrole nitrogens is 1. The molecule has 0 fully saturated rings. The van der Waals surface area contributed by atoms with E-state index in [4.69, 9.17) is 22.1 Å². The van der Waals surface area contributed by atoms with Crippen LogP contribution in [0.15, 0.2) is 54.6 Å². The quantitative estimate of drug-likeness (QED) is 0.492. The number of aromatic nitrogens is 2. The number of methoxy groups -OCH3 is 1. The lowest BCUT2D eigenvalue weighted by molar-refractivity contribution is -0.117. The Morgan fingerprint density at radius 2 is 1.84 bits per heavy atom. The Balaban J connectivity index is 0.000000412. The van der Waals surface area contributed by atoms with E-state index in [0.29, 0.717) is 24.3 Å². The van der Waals surface area contributed by atoms with Crippen molar-refractivity contribution >= 4 is 23.4 Å². The van der Waals surface area contributed by atoms with Crippen LogP contribution in [-0.4, -0.2) is 42.3 Å². The molecule has 4 N–H and O–H groups in total. The number of carbonyl (C=O) groups is 2. The van der Waals surface area contributed by atoms with Crippen LogP contribution < -0.4 is 11.1 Å². The summed E-state index contributed by atoms with van der Waals surface area (Å²) in [5, 5.41) is 10.1. The first-order valence-corrected chi connectivity index (χ1v) is 9.90. The second-order valence-electron chi connectivity index (χ2n) is 6.42. The Hall–Kier alpha value is -3.23. The lowest BCUT2D eigenvalue weighted by atomic mass is 10.0. The number of ether oxygens (including phenoxy) is 1. The molecule has 9 heteroatoms. The smallest absolute Gasteiger partial charge is 0.272 e. The van der Waals surface area contributed by atoms with Gasteiger partial charge in [0.25, 0.3) is 5.91 Å². The zero-order chi connectivity index (χ0) is 22.6. The van der Waals surface area contributed by atoms with Crippen LogP contribution in [0.5, 0.6) is 0 Å². The summed E-state index contributed by atoms with van der Waals surface area (Å²) < 4.78 is 19.2. The molecule has 0 aliphatic rings. The van der Waals surface area contributed by atoms with Gasteiger partial charge in [0.15, 0.2) is 5.69 Å². The van der Waals surface area contributed by atoms with Crippen molar-refractivity contribution in [3.63, 3.8) is 0 Å². The van der Waals surface area contributed by atoms with E-state index < -0.39 is 17.6 Å². The van der Waals surface area contributed by atoms with Gasteiger partial charge in [-0.1, -0.05) is 48.0 Å². The number of nitrogens with zero attached hydrogens (tertiary/aromatic N) is 1. The first-order valence-electron chi connectivity index (χ1n) is 9.52. The first-order chi connectivity index (χ1) is 14.9. The van der Waals surface area contributed by atoms with Crippen LogP contribution >= 0.6 is 11.6 Å². The van der Waals surface area contributed by atoms with Crippen LogP contribution in [0.2, 0.25) is 5.02 Å². The topological polar surface area (TPSA) is 110 Å². The van der Waals surface area contributed by atoms with E-state index in [-0.39, 0.29) is 24.2 Å². The number of nitrogens with one attached hydrogen (secondary N) is 2. The van der Waals surface area contributed by atoms with Gasteiger partial charge in [0.05, 0.1) is 6.61 Å². The maximum absolute atomic E-state index is 14.2. The van der Waals surface area contributed by atoms with Crippen LogP contribution in [0.3, 0.4) is 0 Å². The van der Waals surface area contributed by atoms with Crippen LogP contribution in [-0.2, 0) is 16.0 Å². The molecule has 2 amide bonds. The number of hydrogen-bond acceptors (Lipinski definition) is 4. The zero-order valence-electron chi connectivity index (χ0n) is 17.0. The molecule has 0 saturated heterocycles. The number of hydrogen-bond donors (Lipinski definition) is 3. The van der Waals surface area contributed by atoms with Crippen molar-refractivity contribution < 1.29 is 18.7 Å². The molecule has 0 saturated carbocycles. The van der Waals surface area contributed by atoms with E-state index in [1.807, 2.05) is 30.3 Å². The Kier molecular flexibility index (Phi) is 9.67. The maximum Gasteiger partial charge on any atom is 0.272 e. The number of rotatable bonds is 8. The van der Waals surface area contributed by atoms with Gasteiger partial charge in [-0.05, 0) is 18.2 Å². The molecular formula is C22H24ClFN4O3. The average molecular weight is 447 g/mol. The second-order valence-corrected chi connectivity index (χ2v) is 6.85. The van der Waals surface area contributed by atoms with E-state index in [2.05, 4.69) is 15.5 Å². The van der Waals surface area contributed by atoms with Crippen molar-refractivity contribution in [2.45, 2.75) is 12.8 Å². The number of halogens is 2. The van der Waals surface area contributed by atoms with E-state index >= 15 is 0 Å². The van der Waals surface area contributed by atoms with Crippen molar-refractivity contribution in [2.75, 3.05) is 20.3 Å². The van der Waals surface area contributed by atoms with Crippen LogP contribution in [0.4, 0.5) is 4.39 Å². The molecular weight excluding hydrogens is 423 g/mol. The van der Waals surface area contributed by atoms with E-state index in [1.54, 1.807) is 25.3 Å². The standard InChI is InChI=1S/C16H19FN4O3.C6H5Cl/c1-24-9-7-12-14(10-4-2-3-5-11(10)17)15(21-20-12)16(23)19-8-6-13(18)22;7-6-4-2-1-3-5-6/h2-5H,6-9H2,1H3,(H2,18,22)(H,19,23)(H,20,21);1-5H. The van der Waals surface area contributed by atoms with Crippen molar-refractivity contribution in [3.05, 3.63) is 76.8 Å². The fraction of sp³-hybridized carbons (Fsp3) is 0.227. The van der Waals surface area contributed by atoms with Gasteiger partial charge in [0.1, 0.15) is 5.82 Å². The molecule has 1 aromatic heterocycles. The van der Waals surface area contributed by atoms with Crippen LogP contribution in [0.1, 0.15) is 22.6 Å². The van der Waals surface area contributed by atoms with Gasteiger partial charge in [-0.2, -0.15) is 5.10 Å². The summed E-state index contributed by atoms with van der Waals surface area (Å²) in [7, 11) is 1.55. The summed E-state index contributed by atoms with van der Waals surface area (Å²) in [5.41, 5.74) is 6.37. The molecule has 0 bridgehead atoms. The molecule has 0 atom stereocenters. The van der Waals surface area contributed by atoms with Gasteiger partial charge < -0.3 is 15.8 Å². The summed E-state index contributed by atoms with van der Waals surface area (Å²) in [6.45, 7) is 0.484. The number of amides is 2. The van der Waals surface area contributed by atoms with Crippen molar-refractivity contribution in [3.8, 4) is 11.1 Å². The highest BCUT2D eigenvalue weighted by Crippen LogP contribution is 2.29. The molecule has 164 valence electrons. The number of aromatic amines is 1. The van der Waals surface area contributed by atoms with E-state index in [1.165, 1.54) is 6.07 Å². The number of primary amides is 1. The minimum atomic E-state index is -0.521. The summed E-state index contributed by atoms with van der Waals surface area (Å²) in [6, 6.07) is 15.6. The third kappa shape index (κ3) is 7.51. The molecule has 0 aliphatic heterocycles. The average Bonchev–Trinajstić information content (AvgIpc) is 3.17. The van der Waals surface area contributed by atoms with Gasteiger partial charge in [-0.15, -0.1) is 0 Å². The third-order valence-electron chi connectivity index (χ3n) is 4.15. The molecule has 0 spiro atoms. The van der Waals surface area contributed by atoms with Gasteiger partial charge in [-0.25, -0.2) is 4.39 Å². The fourth-order valence-electron chi connectivity index (χ4n) is 2.68. The largest absolute Gasteiger partial charge is 0.384 e. The molecule has 3 aromatic rings. The molecule has 3 rings (SSSR count). The molecule has 31 heavy (non-hydrogen) atoms. The summed E-state index contributed by atoms with van der Waals surface area (Å²) >= 11 is 5.54. The zero-order valence-corrected chi connectivity index (χ0v) is 17.8. The Morgan fingerprint density at radius 1 is 1.16 bits per heavy atom. The Labute approximate surface area is 184 Å². The van der Waals surface area contributed by atoms with Gasteiger partial charge >= 0.3 is 0 Å². The summed E-state index contributed by atoms with van der Waals surface area (Å²) in [6.07, 6.45) is 0.462. The van der Waals surface area contributed by atoms with Gasteiger partial charge in [0.2, 0.25) is 5.91 Å². The predicted molar refractivity (Wildman–Crippen MR) is 117 cm³/mol.